The van der Waals surface area contributed by atoms with Crippen LogP contribution in [-0.2, 0) is 24.4 Å². The molecule has 4 N–H and O–H groups in total. The number of carboxylic acid groups (broad SMARTS) is 1. The number of benzene rings is 1. The highest BCUT2D eigenvalue weighted by atomic mass is 35.5. The summed E-state index contributed by atoms with van der Waals surface area (Å²) in [4.78, 5) is 63.1. The number of halogens is 1. The number of rotatable bonds is 6. The molecule has 5 atom stereocenters. The summed E-state index contributed by atoms with van der Waals surface area (Å²) >= 11 is 6.37. The van der Waals surface area contributed by atoms with Crippen LogP contribution in [-0.4, -0.2) is 87.7 Å². The fourth-order valence-corrected chi connectivity index (χ4v) is 7.73. The Morgan fingerprint density at radius 1 is 1.09 bits per heavy atom. The zero-order valence-corrected chi connectivity index (χ0v) is 26.4. The molecule has 0 unspecified atom stereocenters. The van der Waals surface area contributed by atoms with E-state index in [-0.39, 0.29) is 36.8 Å². The standard InChI is InChI=1S/C30H35ClN6O8S/c31-24-26(33-21-10-7-6-9-20(21)32-24)45-18-14-23-25(38)35-30(28(40)36-46(43,44)19-12-13-19)15-17(30)8-4-2-1-3-5-11-22(34-29(41)42)27(39)37(23)16-18/h4,6-10,17-19,22-23,34H,1-3,5,11-16H2,(H,35,38)(H,36,40)(H,41,42)/b8-4-/t17-,18-,22+,23+,30-/m1/s1. The average molecular weight is 675 g/mol. The number of carbonyl (C=O) groups excluding carboxylic acids is 3. The average Bonchev–Trinajstić information content (AvgIpc) is 3.93. The summed E-state index contributed by atoms with van der Waals surface area (Å²) in [6.45, 7) is -0.0991. The number of sulfonamides is 1. The van der Waals surface area contributed by atoms with E-state index in [1.807, 2.05) is 12.2 Å². The van der Waals surface area contributed by atoms with E-state index in [4.69, 9.17) is 16.3 Å². The van der Waals surface area contributed by atoms with E-state index in [1.54, 1.807) is 24.3 Å². The molecule has 1 aromatic heterocycles. The van der Waals surface area contributed by atoms with E-state index in [1.165, 1.54) is 4.90 Å². The van der Waals surface area contributed by atoms with E-state index in [0.29, 0.717) is 36.7 Å². The monoisotopic (exact) mass is 674 g/mol. The fraction of sp³-hybridized carbons (Fsp3) is 0.533. The van der Waals surface area contributed by atoms with Crippen LogP contribution < -0.4 is 20.1 Å². The molecule has 2 saturated carbocycles. The summed E-state index contributed by atoms with van der Waals surface area (Å²) in [7, 11) is -3.89. The van der Waals surface area contributed by atoms with E-state index in [0.717, 1.165) is 12.8 Å². The molecule has 2 aliphatic carbocycles. The Morgan fingerprint density at radius 2 is 1.83 bits per heavy atom. The van der Waals surface area contributed by atoms with Gasteiger partial charge in [-0.2, -0.15) is 0 Å². The predicted octanol–water partition coefficient (Wildman–Crippen LogP) is 2.27. The SMILES string of the molecule is O=C(O)N[C@H]1CCCCC/C=C\[C@@H]2C[C@@]2(C(=O)NS(=O)(=O)C2CC2)NC(=O)[C@@H]2C[C@@H](Oc3nc4ccccc4nc3Cl)CN2C1=O. The van der Waals surface area contributed by atoms with Crippen LogP contribution in [0.2, 0.25) is 5.15 Å². The third-order valence-electron chi connectivity index (χ3n) is 8.92. The number of para-hydroxylation sites is 2. The maximum absolute atomic E-state index is 14.0. The normalized spacial score (nSPS) is 29.4. The number of carbonyl (C=O) groups is 4. The van der Waals surface area contributed by atoms with Crippen molar-refractivity contribution in [3.05, 3.63) is 41.6 Å². The third kappa shape index (κ3) is 6.75. The van der Waals surface area contributed by atoms with Gasteiger partial charge in [-0.05, 0) is 50.7 Å². The summed E-state index contributed by atoms with van der Waals surface area (Å²) in [5.74, 6) is -2.55. The molecule has 16 heteroatoms. The molecule has 6 rings (SSSR count). The van der Waals surface area contributed by atoms with Gasteiger partial charge in [-0.3, -0.25) is 19.1 Å². The number of fused-ring (bicyclic) bond motifs is 3. The molecule has 46 heavy (non-hydrogen) atoms. The molecule has 4 aliphatic rings. The number of ether oxygens (including phenoxy) is 1. The first-order valence-electron chi connectivity index (χ1n) is 15.4. The van der Waals surface area contributed by atoms with Gasteiger partial charge in [-0.25, -0.2) is 23.2 Å². The largest absolute Gasteiger partial charge is 0.470 e. The first-order valence-corrected chi connectivity index (χ1v) is 17.3. The lowest BCUT2D eigenvalue weighted by Crippen LogP contribution is -2.58. The van der Waals surface area contributed by atoms with Gasteiger partial charge in [0.25, 0.3) is 11.8 Å². The van der Waals surface area contributed by atoms with Crippen molar-refractivity contribution in [3.63, 3.8) is 0 Å². The van der Waals surface area contributed by atoms with Crippen LogP contribution in [0.3, 0.4) is 0 Å². The van der Waals surface area contributed by atoms with Crippen molar-refractivity contribution < 1.29 is 37.4 Å². The maximum Gasteiger partial charge on any atom is 0.405 e. The Labute approximate surface area is 270 Å². The summed E-state index contributed by atoms with van der Waals surface area (Å²) in [6.07, 6.45) is 5.58. The smallest absolute Gasteiger partial charge is 0.405 e. The fourth-order valence-electron chi connectivity index (χ4n) is 6.19. The van der Waals surface area contributed by atoms with Crippen LogP contribution in [0.5, 0.6) is 5.88 Å². The Hall–Kier alpha value is -3.98. The molecule has 3 heterocycles. The number of amides is 4. The van der Waals surface area contributed by atoms with Crippen LogP contribution in [0.15, 0.2) is 36.4 Å². The second-order valence-corrected chi connectivity index (χ2v) is 14.6. The Balaban J connectivity index is 1.29. The van der Waals surface area contributed by atoms with E-state index in [9.17, 15) is 32.7 Å². The van der Waals surface area contributed by atoms with Gasteiger partial charge in [-0.15, -0.1) is 0 Å². The summed E-state index contributed by atoms with van der Waals surface area (Å²) < 4.78 is 33.6. The highest BCUT2D eigenvalue weighted by Gasteiger charge is 2.62. The molecule has 0 bridgehead atoms. The quantitative estimate of drug-likeness (QED) is 0.330. The number of nitrogens with one attached hydrogen (secondary N) is 3. The van der Waals surface area contributed by atoms with Crippen LogP contribution in [0, 0.1) is 5.92 Å². The molecular formula is C30H35ClN6O8S. The van der Waals surface area contributed by atoms with Crippen molar-refractivity contribution in [2.45, 2.75) is 86.8 Å². The Bertz CT molecular complexity index is 1700. The number of aromatic nitrogens is 2. The highest BCUT2D eigenvalue weighted by molar-refractivity contribution is 7.91. The first-order chi connectivity index (χ1) is 22.0. The van der Waals surface area contributed by atoms with Gasteiger partial charge in [0.15, 0.2) is 5.15 Å². The number of allylic oxidation sites excluding steroid dienone is 1. The topological polar surface area (TPSA) is 197 Å². The van der Waals surface area contributed by atoms with Gasteiger partial charge >= 0.3 is 6.09 Å². The van der Waals surface area contributed by atoms with Crippen molar-refractivity contribution in [2.24, 2.45) is 5.92 Å². The van der Waals surface area contributed by atoms with Gasteiger partial charge in [0.1, 0.15) is 23.7 Å². The minimum atomic E-state index is -3.89. The van der Waals surface area contributed by atoms with E-state index >= 15 is 0 Å². The minimum absolute atomic E-state index is 0.00898. The molecule has 0 radical (unpaired) electrons. The zero-order chi connectivity index (χ0) is 32.6. The summed E-state index contributed by atoms with van der Waals surface area (Å²) in [5, 5.41) is 13.9. The van der Waals surface area contributed by atoms with E-state index < -0.39 is 68.7 Å². The molecule has 2 aromatic rings. The van der Waals surface area contributed by atoms with Crippen LogP contribution in [0.25, 0.3) is 11.0 Å². The maximum atomic E-state index is 14.0. The zero-order valence-electron chi connectivity index (χ0n) is 24.9. The van der Waals surface area contributed by atoms with Gasteiger partial charge in [0.2, 0.25) is 21.8 Å². The number of hydrogen-bond donors (Lipinski definition) is 4. The number of nitrogens with zero attached hydrogens (tertiary/aromatic N) is 3. The Morgan fingerprint density at radius 3 is 2.54 bits per heavy atom. The van der Waals surface area contributed by atoms with Crippen molar-refractivity contribution in [1.29, 1.82) is 0 Å². The molecule has 1 aromatic carbocycles. The lowest BCUT2D eigenvalue weighted by Gasteiger charge is -2.29. The third-order valence-corrected chi connectivity index (χ3v) is 11.0. The molecule has 4 amide bonds. The van der Waals surface area contributed by atoms with Crippen molar-refractivity contribution in [3.8, 4) is 5.88 Å². The van der Waals surface area contributed by atoms with Crippen LogP contribution >= 0.6 is 11.6 Å². The van der Waals surface area contributed by atoms with Crippen LogP contribution in [0.1, 0.15) is 57.8 Å². The van der Waals surface area contributed by atoms with Crippen molar-refractivity contribution in [1.82, 2.24) is 30.2 Å². The van der Waals surface area contributed by atoms with Gasteiger partial charge in [-0.1, -0.05) is 48.7 Å². The molecule has 14 nitrogen and oxygen atoms in total. The molecule has 2 aliphatic heterocycles. The lowest BCUT2D eigenvalue weighted by molar-refractivity contribution is -0.141. The lowest BCUT2D eigenvalue weighted by atomic mass is 10.1. The first kappa shape index (κ1) is 32.0. The van der Waals surface area contributed by atoms with Gasteiger partial charge in [0.05, 0.1) is 22.8 Å². The molecule has 0 spiro atoms. The van der Waals surface area contributed by atoms with E-state index in [2.05, 4.69) is 25.3 Å². The highest BCUT2D eigenvalue weighted by Crippen LogP contribution is 2.46. The van der Waals surface area contributed by atoms with Crippen molar-refractivity contribution in [2.75, 3.05) is 6.54 Å². The predicted molar refractivity (Wildman–Crippen MR) is 165 cm³/mol. The van der Waals surface area contributed by atoms with Gasteiger partial charge < -0.3 is 25.4 Å². The second kappa shape index (κ2) is 12.7. The molecule has 1 saturated heterocycles. The van der Waals surface area contributed by atoms with Gasteiger partial charge in [0, 0.05) is 12.3 Å². The number of hydrogen-bond acceptors (Lipinski definition) is 9. The van der Waals surface area contributed by atoms with Crippen molar-refractivity contribution >= 4 is 56.5 Å². The minimum Gasteiger partial charge on any atom is -0.470 e. The summed E-state index contributed by atoms with van der Waals surface area (Å²) in [6, 6.07) is 4.76. The molecule has 3 fully saturated rings. The van der Waals surface area contributed by atoms with Crippen LogP contribution in [0.4, 0.5) is 4.79 Å². The second-order valence-electron chi connectivity index (χ2n) is 12.3. The molecule has 246 valence electrons. The summed E-state index contributed by atoms with van der Waals surface area (Å²) in [5.41, 5.74) is -0.442. The Kier molecular flexibility index (Phi) is 8.81. The molecular weight excluding hydrogens is 640 g/mol.